The molecule has 2 aliphatic rings. The van der Waals surface area contributed by atoms with E-state index in [-0.39, 0.29) is 36.0 Å². The molecule has 194 valence electrons. The lowest BCUT2D eigenvalue weighted by Crippen LogP contribution is -2.47. The molecule has 0 aliphatic carbocycles. The van der Waals surface area contributed by atoms with E-state index in [4.69, 9.17) is 18.6 Å². The van der Waals surface area contributed by atoms with Crippen molar-refractivity contribution in [2.24, 2.45) is 5.41 Å². The number of nitrogens with zero attached hydrogens (tertiary/aromatic N) is 2. The van der Waals surface area contributed by atoms with Crippen LogP contribution in [0.5, 0.6) is 17.2 Å². The van der Waals surface area contributed by atoms with Gasteiger partial charge in [-0.05, 0) is 42.9 Å². The second-order valence-electron chi connectivity index (χ2n) is 9.28. The van der Waals surface area contributed by atoms with Crippen LogP contribution in [0, 0.1) is 5.41 Å². The van der Waals surface area contributed by atoms with Gasteiger partial charge in [-0.1, -0.05) is 6.07 Å². The molecule has 1 spiro atoms. The maximum Gasteiger partial charge on any atom is 0.287 e. The average Bonchev–Trinajstić information content (AvgIpc) is 3.58. The summed E-state index contributed by atoms with van der Waals surface area (Å²) in [6.45, 7) is 2.53. The van der Waals surface area contributed by atoms with Gasteiger partial charge < -0.3 is 33.7 Å². The SMILES string of the molecule is COc1ccc(CC(=O)N2CCC3(CCN(C(=O)CNC(=O)c4ccco4)CC3)C2)c(OC)c1OC. The van der Waals surface area contributed by atoms with Crippen molar-refractivity contribution < 1.29 is 33.0 Å². The normalized spacial score (nSPS) is 16.6. The number of piperidine rings is 1. The summed E-state index contributed by atoms with van der Waals surface area (Å²) in [5.74, 6) is 1.23. The van der Waals surface area contributed by atoms with Crippen LogP contribution < -0.4 is 19.5 Å². The van der Waals surface area contributed by atoms with Crippen molar-refractivity contribution in [3.63, 3.8) is 0 Å². The Morgan fingerprint density at radius 3 is 2.22 bits per heavy atom. The molecule has 1 aromatic heterocycles. The van der Waals surface area contributed by atoms with Crippen LogP contribution in [0.15, 0.2) is 34.9 Å². The monoisotopic (exact) mass is 499 g/mol. The third-order valence-electron chi connectivity index (χ3n) is 7.24. The van der Waals surface area contributed by atoms with Gasteiger partial charge >= 0.3 is 0 Å². The number of carbonyl (C=O) groups excluding carboxylic acids is 3. The van der Waals surface area contributed by atoms with Crippen LogP contribution in [0.1, 0.15) is 35.4 Å². The van der Waals surface area contributed by atoms with E-state index >= 15 is 0 Å². The van der Waals surface area contributed by atoms with Crippen molar-refractivity contribution in [2.45, 2.75) is 25.7 Å². The number of hydrogen-bond donors (Lipinski definition) is 1. The number of rotatable bonds is 8. The number of benzene rings is 1. The van der Waals surface area contributed by atoms with E-state index < -0.39 is 5.91 Å². The molecule has 0 atom stereocenters. The summed E-state index contributed by atoms with van der Waals surface area (Å²) in [6, 6.07) is 6.79. The van der Waals surface area contributed by atoms with Gasteiger partial charge in [0.15, 0.2) is 17.3 Å². The molecule has 2 saturated heterocycles. The topological polar surface area (TPSA) is 111 Å². The fraction of sp³-hybridized carbons (Fsp3) is 0.500. The van der Waals surface area contributed by atoms with E-state index in [1.54, 1.807) is 44.4 Å². The van der Waals surface area contributed by atoms with E-state index in [0.717, 1.165) is 24.8 Å². The average molecular weight is 500 g/mol. The summed E-state index contributed by atoms with van der Waals surface area (Å²) < 4.78 is 21.3. The summed E-state index contributed by atoms with van der Waals surface area (Å²) in [6.07, 6.45) is 4.20. The molecule has 1 aromatic carbocycles. The molecule has 10 heteroatoms. The first-order chi connectivity index (χ1) is 17.4. The van der Waals surface area contributed by atoms with Gasteiger partial charge in [0.2, 0.25) is 17.6 Å². The Labute approximate surface area is 210 Å². The fourth-order valence-corrected chi connectivity index (χ4v) is 5.13. The molecule has 0 radical (unpaired) electrons. The number of furan rings is 1. The number of nitrogens with one attached hydrogen (secondary N) is 1. The number of methoxy groups -OCH3 is 3. The van der Waals surface area contributed by atoms with Crippen molar-refractivity contribution in [3.05, 3.63) is 41.9 Å². The largest absolute Gasteiger partial charge is 0.493 e. The number of ether oxygens (including phenoxy) is 3. The molecule has 2 aromatic rings. The zero-order valence-corrected chi connectivity index (χ0v) is 21.0. The van der Waals surface area contributed by atoms with Gasteiger partial charge in [0.1, 0.15) is 0 Å². The van der Waals surface area contributed by atoms with Crippen molar-refractivity contribution in [1.29, 1.82) is 0 Å². The summed E-state index contributed by atoms with van der Waals surface area (Å²) in [5, 5.41) is 2.61. The Balaban J connectivity index is 1.29. The van der Waals surface area contributed by atoms with E-state index in [1.165, 1.54) is 6.26 Å². The Morgan fingerprint density at radius 2 is 1.61 bits per heavy atom. The minimum Gasteiger partial charge on any atom is -0.493 e. The van der Waals surface area contributed by atoms with Crippen molar-refractivity contribution in [2.75, 3.05) is 54.1 Å². The second-order valence-corrected chi connectivity index (χ2v) is 9.28. The fourth-order valence-electron chi connectivity index (χ4n) is 5.13. The van der Waals surface area contributed by atoms with E-state index in [1.807, 2.05) is 11.0 Å². The van der Waals surface area contributed by atoms with Crippen LogP contribution in [0.4, 0.5) is 0 Å². The molecule has 0 bridgehead atoms. The van der Waals surface area contributed by atoms with Crippen LogP contribution in [-0.4, -0.2) is 81.6 Å². The maximum absolute atomic E-state index is 13.2. The van der Waals surface area contributed by atoms with Crippen molar-refractivity contribution in [1.82, 2.24) is 15.1 Å². The highest BCUT2D eigenvalue weighted by Gasteiger charge is 2.42. The third kappa shape index (κ3) is 5.27. The van der Waals surface area contributed by atoms with Gasteiger partial charge in [-0.3, -0.25) is 14.4 Å². The zero-order valence-electron chi connectivity index (χ0n) is 21.0. The molecule has 2 fully saturated rings. The van der Waals surface area contributed by atoms with Gasteiger partial charge in [-0.25, -0.2) is 0 Å². The first-order valence-electron chi connectivity index (χ1n) is 12.0. The van der Waals surface area contributed by atoms with Gasteiger partial charge in [-0.15, -0.1) is 0 Å². The predicted octanol–water partition coefficient (Wildman–Crippen LogP) is 2.12. The van der Waals surface area contributed by atoms with Crippen LogP contribution in [0.25, 0.3) is 0 Å². The molecule has 1 N–H and O–H groups in total. The van der Waals surface area contributed by atoms with E-state index in [9.17, 15) is 14.4 Å². The highest BCUT2D eigenvalue weighted by atomic mass is 16.5. The standard InChI is InChI=1S/C26H33N3O7/c1-33-19-7-6-18(23(34-2)24(19)35-3)15-21(30)29-13-10-26(17-29)8-11-28(12-9-26)22(31)16-27-25(32)20-5-4-14-36-20/h4-7,14H,8-13,15-17H2,1-3H3,(H,27,32). The van der Waals surface area contributed by atoms with Gasteiger partial charge in [0.05, 0.1) is 40.6 Å². The summed E-state index contributed by atoms with van der Waals surface area (Å²) in [4.78, 5) is 41.5. The number of hydrogen-bond acceptors (Lipinski definition) is 7. The lowest BCUT2D eigenvalue weighted by molar-refractivity contribution is -0.133. The molecule has 3 heterocycles. The van der Waals surface area contributed by atoms with Crippen LogP contribution in [0.3, 0.4) is 0 Å². The Kier molecular flexibility index (Phi) is 7.71. The Morgan fingerprint density at radius 1 is 0.917 bits per heavy atom. The minimum atomic E-state index is -0.405. The predicted molar refractivity (Wildman–Crippen MR) is 130 cm³/mol. The Hall–Kier alpha value is -3.69. The Bertz CT molecular complexity index is 1090. The summed E-state index contributed by atoms with van der Waals surface area (Å²) in [5.41, 5.74) is 0.768. The molecule has 0 saturated carbocycles. The molecular weight excluding hydrogens is 466 g/mol. The smallest absolute Gasteiger partial charge is 0.287 e. The van der Waals surface area contributed by atoms with Gasteiger partial charge in [-0.2, -0.15) is 0 Å². The second kappa shape index (κ2) is 10.9. The van der Waals surface area contributed by atoms with Gasteiger partial charge in [0, 0.05) is 31.7 Å². The molecular formula is C26H33N3O7. The molecule has 10 nitrogen and oxygen atoms in total. The minimum absolute atomic E-state index is 0.0194. The molecule has 4 rings (SSSR count). The number of carbonyl (C=O) groups is 3. The number of likely N-dealkylation sites (tertiary alicyclic amines) is 2. The first-order valence-corrected chi connectivity index (χ1v) is 12.0. The van der Waals surface area contributed by atoms with E-state index in [2.05, 4.69) is 5.32 Å². The van der Waals surface area contributed by atoms with Crippen LogP contribution >= 0.6 is 0 Å². The lowest BCUT2D eigenvalue weighted by atomic mass is 9.78. The summed E-state index contributed by atoms with van der Waals surface area (Å²) in [7, 11) is 4.65. The number of amides is 3. The highest BCUT2D eigenvalue weighted by Crippen LogP contribution is 2.42. The molecule has 0 unspecified atom stereocenters. The third-order valence-corrected chi connectivity index (χ3v) is 7.24. The van der Waals surface area contributed by atoms with Gasteiger partial charge in [0.25, 0.3) is 5.91 Å². The van der Waals surface area contributed by atoms with Crippen molar-refractivity contribution >= 4 is 17.7 Å². The molecule has 2 aliphatic heterocycles. The maximum atomic E-state index is 13.2. The van der Waals surface area contributed by atoms with E-state index in [0.29, 0.717) is 43.4 Å². The highest BCUT2D eigenvalue weighted by molar-refractivity contribution is 5.94. The first kappa shape index (κ1) is 25.4. The lowest BCUT2D eigenvalue weighted by Gasteiger charge is -2.39. The zero-order chi connectivity index (χ0) is 25.7. The van der Waals surface area contributed by atoms with Crippen LogP contribution in [-0.2, 0) is 16.0 Å². The van der Waals surface area contributed by atoms with Crippen LogP contribution in [0.2, 0.25) is 0 Å². The molecule has 3 amide bonds. The van der Waals surface area contributed by atoms with Crippen molar-refractivity contribution in [3.8, 4) is 17.2 Å². The quantitative estimate of drug-likeness (QED) is 0.592. The molecule has 36 heavy (non-hydrogen) atoms. The summed E-state index contributed by atoms with van der Waals surface area (Å²) >= 11 is 0.